The molecule has 0 spiro atoms. The molecule has 0 radical (unpaired) electrons. The number of amides is 1. The van der Waals surface area contributed by atoms with Gasteiger partial charge in [0, 0.05) is 38.2 Å². The number of aromatic nitrogens is 3. The monoisotopic (exact) mass is 423 g/mol. The Balaban J connectivity index is 1.76. The van der Waals surface area contributed by atoms with Gasteiger partial charge in [-0.3, -0.25) is 19.3 Å². The maximum absolute atomic E-state index is 13.1. The molecule has 31 heavy (non-hydrogen) atoms. The van der Waals surface area contributed by atoms with Crippen LogP contribution in [0.2, 0.25) is 0 Å². The van der Waals surface area contributed by atoms with Crippen molar-refractivity contribution in [3.8, 4) is 0 Å². The number of pyridine rings is 1. The third-order valence-electron chi connectivity index (χ3n) is 6.39. The van der Waals surface area contributed by atoms with Crippen LogP contribution >= 0.6 is 0 Å². The number of aryl methyl sites for hydroxylation is 2. The molecule has 0 bridgehead atoms. The van der Waals surface area contributed by atoms with Crippen LogP contribution < -0.4 is 0 Å². The number of rotatable bonds is 5. The molecule has 1 amide bonds. The number of Topliss-reactive ketones (excluding diaryl/α,β-unsaturated/α-hetero) is 1. The Morgan fingerprint density at radius 2 is 1.90 bits per heavy atom. The minimum absolute atomic E-state index is 0.107. The first-order valence-corrected chi connectivity index (χ1v) is 10.8. The molecule has 2 aromatic rings. The molecular weight excluding hydrogens is 394 g/mol. The van der Waals surface area contributed by atoms with E-state index in [-0.39, 0.29) is 11.3 Å². The summed E-state index contributed by atoms with van der Waals surface area (Å²) in [4.78, 5) is 34.3. The lowest BCUT2D eigenvalue weighted by Gasteiger charge is -2.30. The molecule has 2 aliphatic rings. The van der Waals surface area contributed by atoms with Gasteiger partial charge >= 0.3 is 0 Å². The van der Waals surface area contributed by atoms with E-state index in [1.807, 2.05) is 13.0 Å². The number of carbonyl (C=O) groups excluding carboxylic acids is 2. The molecule has 2 aliphatic heterocycles. The molecule has 1 N–H and O–H groups in total. The minimum Gasteiger partial charge on any atom is -0.507 e. The standard InChI is InChI=1S/C23H29N5O3/c1-15-18(16(2)26(3)25-15)21(29)19-20(17-8-7-9-24-14-17)28(23(31)22(19)30)13-12-27-10-5-4-6-11-27/h7-9,14,20,29H,4-6,10-13H2,1-3H3/b21-19+. The van der Waals surface area contributed by atoms with Gasteiger partial charge in [-0.05, 0) is 51.4 Å². The van der Waals surface area contributed by atoms with Gasteiger partial charge in [-0.2, -0.15) is 5.10 Å². The SMILES string of the molecule is Cc1nn(C)c(C)c1/C(O)=C1\C(=O)C(=O)N(CCN2CCCCC2)C1c1cccnc1. The maximum atomic E-state index is 13.1. The Morgan fingerprint density at radius 1 is 1.16 bits per heavy atom. The first-order chi connectivity index (χ1) is 14.9. The van der Waals surface area contributed by atoms with Gasteiger partial charge in [-0.1, -0.05) is 12.5 Å². The van der Waals surface area contributed by atoms with Gasteiger partial charge in [0.2, 0.25) is 0 Å². The minimum atomic E-state index is -0.669. The van der Waals surface area contributed by atoms with Crippen LogP contribution in [-0.4, -0.2) is 67.5 Å². The molecule has 0 saturated carbocycles. The fourth-order valence-corrected chi connectivity index (χ4v) is 4.68. The maximum Gasteiger partial charge on any atom is 0.295 e. The number of aliphatic hydroxyl groups is 1. The van der Waals surface area contributed by atoms with Crippen LogP contribution in [0.25, 0.3) is 5.76 Å². The van der Waals surface area contributed by atoms with Gasteiger partial charge < -0.3 is 14.9 Å². The van der Waals surface area contributed by atoms with Gasteiger partial charge in [0.25, 0.3) is 11.7 Å². The lowest BCUT2D eigenvalue weighted by Crippen LogP contribution is -2.40. The highest BCUT2D eigenvalue weighted by Crippen LogP contribution is 2.40. The largest absolute Gasteiger partial charge is 0.507 e. The number of likely N-dealkylation sites (tertiary alicyclic amines) is 2. The van der Waals surface area contributed by atoms with E-state index in [0.29, 0.717) is 29.9 Å². The summed E-state index contributed by atoms with van der Waals surface area (Å²) in [5.74, 6) is -1.41. The van der Waals surface area contributed by atoms with E-state index < -0.39 is 17.7 Å². The number of ketones is 1. The molecule has 164 valence electrons. The van der Waals surface area contributed by atoms with Crippen molar-refractivity contribution in [1.82, 2.24) is 24.6 Å². The zero-order valence-corrected chi connectivity index (χ0v) is 18.3. The van der Waals surface area contributed by atoms with E-state index in [4.69, 9.17) is 0 Å². The van der Waals surface area contributed by atoms with Crippen molar-refractivity contribution < 1.29 is 14.7 Å². The second kappa shape index (κ2) is 8.63. The zero-order valence-electron chi connectivity index (χ0n) is 18.3. The molecule has 2 fully saturated rings. The van der Waals surface area contributed by atoms with Crippen LogP contribution in [0, 0.1) is 13.8 Å². The van der Waals surface area contributed by atoms with E-state index in [9.17, 15) is 14.7 Å². The molecule has 2 aromatic heterocycles. The second-order valence-electron chi connectivity index (χ2n) is 8.35. The number of hydrogen-bond acceptors (Lipinski definition) is 6. The third kappa shape index (κ3) is 3.87. The van der Waals surface area contributed by atoms with Gasteiger partial charge in [0.1, 0.15) is 5.76 Å². The van der Waals surface area contributed by atoms with Crippen molar-refractivity contribution in [1.29, 1.82) is 0 Å². The summed E-state index contributed by atoms with van der Waals surface area (Å²) in [6, 6.07) is 2.95. The van der Waals surface area contributed by atoms with Crippen molar-refractivity contribution in [3.63, 3.8) is 0 Å². The van der Waals surface area contributed by atoms with Gasteiger partial charge in [-0.25, -0.2) is 0 Å². The lowest BCUT2D eigenvalue weighted by atomic mass is 9.95. The summed E-state index contributed by atoms with van der Waals surface area (Å²) in [5.41, 5.74) is 2.67. The average molecular weight is 424 g/mol. The van der Waals surface area contributed by atoms with Crippen LogP contribution in [0.3, 0.4) is 0 Å². The molecule has 8 nitrogen and oxygen atoms in total. The van der Waals surface area contributed by atoms with E-state index in [2.05, 4.69) is 15.0 Å². The van der Waals surface area contributed by atoms with E-state index in [1.54, 1.807) is 42.0 Å². The highest BCUT2D eigenvalue weighted by Gasteiger charge is 2.46. The fraction of sp³-hybridized carbons (Fsp3) is 0.478. The number of hydrogen-bond donors (Lipinski definition) is 1. The summed E-state index contributed by atoms with van der Waals surface area (Å²) in [5, 5.41) is 15.6. The highest BCUT2D eigenvalue weighted by molar-refractivity contribution is 6.46. The summed E-state index contributed by atoms with van der Waals surface area (Å²) < 4.78 is 1.66. The molecule has 2 saturated heterocycles. The van der Waals surface area contributed by atoms with E-state index in [1.165, 1.54) is 6.42 Å². The summed E-state index contributed by atoms with van der Waals surface area (Å²) in [6.07, 6.45) is 6.86. The van der Waals surface area contributed by atoms with Crippen molar-refractivity contribution in [2.45, 2.75) is 39.2 Å². The van der Waals surface area contributed by atoms with Crippen molar-refractivity contribution in [3.05, 3.63) is 52.6 Å². The molecule has 0 aliphatic carbocycles. The fourth-order valence-electron chi connectivity index (χ4n) is 4.68. The summed E-state index contributed by atoms with van der Waals surface area (Å²) in [7, 11) is 1.79. The average Bonchev–Trinajstić information content (AvgIpc) is 3.18. The van der Waals surface area contributed by atoms with Crippen LogP contribution in [-0.2, 0) is 16.6 Å². The predicted octanol–water partition coefficient (Wildman–Crippen LogP) is 2.34. The Kier molecular flexibility index (Phi) is 5.91. The van der Waals surface area contributed by atoms with Crippen LogP contribution in [0.15, 0.2) is 30.1 Å². The van der Waals surface area contributed by atoms with E-state index in [0.717, 1.165) is 31.6 Å². The number of aliphatic hydroxyl groups excluding tert-OH is 1. The number of piperidine rings is 1. The third-order valence-corrected chi connectivity index (χ3v) is 6.39. The van der Waals surface area contributed by atoms with Gasteiger partial charge in [0.05, 0.1) is 22.9 Å². The molecule has 1 unspecified atom stereocenters. The highest BCUT2D eigenvalue weighted by atomic mass is 16.3. The Bertz CT molecular complexity index is 1020. The second-order valence-corrected chi connectivity index (χ2v) is 8.35. The van der Waals surface area contributed by atoms with Gasteiger partial charge in [0.15, 0.2) is 0 Å². The molecule has 4 rings (SSSR count). The molecular formula is C23H29N5O3. The van der Waals surface area contributed by atoms with Crippen molar-refractivity contribution in [2.24, 2.45) is 7.05 Å². The summed E-state index contributed by atoms with van der Waals surface area (Å²) in [6.45, 7) is 6.76. The lowest BCUT2D eigenvalue weighted by molar-refractivity contribution is -0.140. The Hall–Kier alpha value is -3.00. The number of carbonyl (C=O) groups is 2. The Morgan fingerprint density at radius 3 is 2.52 bits per heavy atom. The smallest absolute Gasteiger partial charge is 0.295 e. The molecule has 4 heterocycles. The molecule has 1 atom stereocenters. The van der Waals surface area contributed by atoms with Crippen molar-refractivity contribution in [2.75, 3.05) is 26.2 Å². The van der Waals surface area contributed by atoms with E-state index >= 15 is 0 Å². The molecule has 8 heteroatoms. The van der Waals surface area contributed by atoms with Crippen LogP contribution in [0.1, 0.15) is 47.8 Å². The quantitative estimate of drug-likeness (QED) is 0.451. The normalized spacial score (nSPS) is 21.8. The topological polar surface area (TPSA) is 91.6 Å². The van der Waals surface area contributed by atoms with Crippen LogP contribution in [0.4, 0.5) is 0 Å². The molecule has 0 aromatic carbocycles. The van der Waals surface area contributed by atoms with Crippen molar-refractivity contribution >= 4 is 17.4 Å². The number of nitrogens with zero attached hydrogens (tertiary/aromatic N) is 5. The van der Waals surface area contributed by atoms with Gasteiger partial charge in [-0.15, -0.1) is 0 Å². The summed E-state index contributed by atoms with van der Waals surface area (Å²) >= 11 is 0. The zero-order chi connectivity index (χ0) is 22.1. The Labute approximate surface area is 182 Å². The first kappa shape index (κ1) is 21.2. The predicted molar refractivity (Wildman–Crippen MR) is 116 cm³/mol. The van der Waals surface area contributed by atoms with Crippen LogP contribution in [0.5, 0.6) is 0 Å². The first-order valence-electron chi connectivity index (χ1n) is 10.8.